The Morgan fingerprint density at radius 2 is 1.68 bits per heavy atom. The highest BCUT2D eigenvalue weighted by Gasteiger charge is 2.19. The van der Waals surface area contributed by atoms with Crippen LogP contribution in [0.2, 0.25) is 0 Å². The highest BCUT2D eigenvalue weighted by Crippen LogP contribution is 2.38. The van der Waals surface area contributed by atoms with E-state index in [-0.39, 0.29) is 5.69 Å². The van der Waals surface area contributed by atoms with Crippen LogP contribution in [-0.2, 0) is 4.74 Å². The van der Waals surface area contributed by atoms with Crippen LogP contribution in [0.4, 0.5) is 21.9 Å². The predicted octanol–water partition coefficient (Wildman–Crippen LogP) is 5.34. The Labute approximate surface area is 162 Å². The number of hydrogen-bond acceptors (Lipinski definition) is 5. The fraction of sp³-hybridized carbons (Fsp3) is 0.190. The first-order valence-electron chi connectivity index (χ1n) is 8.72. The topological polar surface area (TPSA) is 107 Å². The van der Waals surface area contributed by atoms with Crippen molar-refractivity contribution in [1.82, 2.24) is 0 Å². The standard InChI is InChI=1S/C21H21N3O4/c1-21(2,3)28-20(25)23-14-10-8-13(9-11-14)17-12-18(24(26)27)15-6-4-5-7-16(15)19(17)22/h4-12H,22H2,1-3H3,(H,23,25). The molecule has 0 unspecified atom stereocenters. The Bertz CT molecular complexity index is 1050. The summed E-state index contributed by atoms with van der Waals surface area (Å²) in [6.07, 6.45) is -0.555. The fourth-order valence-electron chi connectivity index (χ4n) is 2.92. The monoisotopic (exact) mass is 379 g/mol. The van der Waals surface area contributed by atoms with Crippen molar-refractivity contribution in [3.05, 3.63) is 64.7 Å². The smallest absolute Gasteiger partial charge is 0.412 e. The average Bonchev–Trinajstić information content (AvgIpc) is 2.61. The molecule has 0 aliphatic rings. The molecular weight excluding hydrogens is 358 g/mol. The van der Waals surface area contributed by atoms with Crippen molar-refractivity contribution in [1.29, 1.82) is 0 Å². The van der Waals surface area contributed by atoms with Gasteiger partial charge in [-0.15, -0.1) is 0 Å². The van der Waals surface area contributed by atoms with E-state index in [1.807, 2.05) is 0 Å². The second kappa shape index (κ2) is 7.19. The third-order valence-electron chi connectivity index (χ3n) is 4.10. The first-order chi connectivity index (χ1) is 13.2. The van der Waals surface area contributed by atoms with Crippen molar-refractivity contribution in [3.63, 3.8) is 0 Å². The number of amides is 1. The number of nitro benzene ring substituents is 1. The van der Waals surface area contributed by atoms with Crippen LogP contribution in [-0.4, -0.2) is 16.6 Å². The first kappa shape index (κ1) is 19.2. The van der Waals surface area contributed by atoms with Gasteiger partial charge in [-0.1, -0.05) is 30.3 Å². The zero-order valence-corrected chi connectivity index (χ0v) is 15.9. The van der Waals surface area contributed by atoms with E-state index < -0.39 is 16.6 Å². The number of nitrogens with zero attached hydrogens (tertiary/aromatic N) is 1. The van der Waals surface area contributed by atoms with Crippen LogP contribution < -0.4 is 11.1 Å². The molecule has 28 heavy (non-hydrogen) atoms. The van der Waals surface area contributed by atoms with Crippen molar-refractivity contribution in [2.75, 3.05) is 11.1 Å². The van der Waals surface area contributed by atoms with E-state index in [1.165, 1.54) is 6.07 Å². The van der Waals surface area contributed by atoms with Gasteiger partial charge in [0, 0.05) is 28.4 Å². The summed E-state index contributed by atoms with van der Waals surface area (Å²) in [4.78, 5) is 23.0. The van der Waals surface area contributed by atoms with Gasteiger partial charge in [0.1, 0.15) is 5.60 Å². The lowest BCUT2D eigenvalue weighted by Crippen LogP contribution is -2.27. The van der Waals surface area contributed by atoms with Gasteiger partial charge in [0.05, 0.1) is 10.3 Å². The number of ether oxygens (including phenoxy) is 1. The summed E-state index contributed by atoms with van der Waals surface area (Å²) in [5, 5.41) is 15.3. The Hall–Kier alpha value is -3.61. The molecule has 0 heterocycles. The molecule has 0 aliphatic heterocycles. The van der Waals surface area contributed by atoms with Gasteiger partial charge < -0.3 is 10.5 Å². The summed E-state index contributed by atoms with van der Waals surface area (Å²) in [5.41, 5.74) is 7.99. The minimum absolute atomic E-state index is 0.00393. The fourth-order valence-corrected chi connectivity index (χ4v) is 2.92. The van der Waals surface area contributed by atoms with Crippen LogP contribution in [0.15, 0.2) is 54.6 Å². The lowest BCUT2D eigenvalue weighted by atomic mass is 9.97. The first-order valence-corrected chi connectivity index (χ1v) is 8.72. The van der Waals surface area contributed by atoms with E-state index in [0.29, 0.717) is 33.3 Å². The molecule has 0 saturated carbocycles. The number of hydrogen-bond donors (Lipinski definition) is 2. The molecule has 0 radical (unpaired) electrons. The van der Waals surface area contributed by atoms with Gasteiger partial charge in [0.2, 0.25) is 0 Å². The molecule has 0 spiro atoms. The largest absolute Gasteiger partial charge is 0.444 e. The molecule has 3 aromatic carbocycles. The number of nitro groups is 1. The second-order valence-corrected chi connectivity index (χ2v) is 7.36. The maximum absolute atomic E-state index is 11.9. The quantitative estimate of drug-likeness (QED) is 0.362. The van der Waals surface area contributed by atoms with Gasteiger partial charge in [-0.2, -0.15) is 0 Å². The third kappa shape index (κ3) is 4.03. The zero-order chi connectivity index (χ0) is 20.5. The predicted molar refractivity (Wildman–Crippen MR) is 110 cm³/mol. The summed E-state index contributed by atoms with van der Waals surface area (Å²) in [7, 11) is 0. The number of anilines is 2. The molecule has 3 aromatic rings. The van der Waals surface area contributed by atoms with Gasteiger partial charge in [-0.05, 0) is 44.5 Å². The summed E-state index contributed by atoms with van der Waals surface area (Å²) >= 11 is 0. The Morgan fingerprint density at radius 3 is 2.25 bits per heavy atom. The van der Waals surface area contributed by atoms with Crippen molar-refractivity contribution >= 4 is 33.9 Å². The van der Waals surface area contributed by atoms with E-state index in [4.69, 9.17) is 10.5 Å². The van der Waals surface area contributed by atoms with E-state index in [0.717, 1.165) is 0 Å². The van der Waals surface area contributed by atoms with Crippen LogP contribution >= 0.6 is 0 Å². The number of fused-ring (bicyclic) bond motifs is 1. The summed E-state index contributed by atoms with van der Waals surface area (Å²) in [6, 6.07) is 15.3. The number of carbonyl (C=O) groups is 1. The van der Waals surface area contributed by atoms with E-state index in [9.17, 15) is 14.9 Å². The highest BCUT2D eigenvalue weighted by atomic mass is 16.6. The number of non-ortho nitro benzene ring substituents is 1. The van der Waals surface area contributed by atoms with E-state index in [1.54, 1.807) is 69.3 Å². The molecule has 144 valence electrons. The van der Waals surface area contributed by atoms with Gasteiger partial charge >= 0.3 is 6.09 Å². The lowest BCUT2D eigenvalue weighted by molar-refractivity contribution is -0.383. The minimum atomic E-state index is -0.595. The number of benzene rings is 3. The molecule has 0 aliphatic carbocycles. The normalized spacial score (nSPS) is 11.2. The Morgan fingerprint density at radius 1 is 1.07 bits per heavy atom. The molecular formula is C21H21N3O4. The molecule has 7 heteroatoms. The third-order valence-corrected chi connectivity index (χ3v) is 4.10. The number of rotatable bonds is 3. The molecule has 0 bridgehead atoms. The highest BCUT2D eigenvalue weighted by molar-refractivity contribution is 6.05. The van der Waals surface area contributed by atoms with Crippen LogP contribution in [0.5, 0.6) is 0 Å². The molecule has 0 atom stereocenters. The van der Waals surface area contributed by atoms with E-state index in [2.05, 4.69) is 5.32 Å². The van der Waals surface area contributed by atoms with Crippen molar-refractivity contribution in [2.45, 2.75) is 26.4 Å². The van der Waals surface area contributed by atoms with Crippen molar-refractivity contribution in [3.8, 4) is 11.1 Å². The number of nitrogen functional groups attached to an aromatic ring is 1. The summed E-state index contributed by atoms with van der Waals surface area (Å²) < 4.78 is 5.22. The van der Waals surface area contributed by atoms with Gasteiger partial charge in [-0.3, -0.25) is 15.4 Å². The molecule has 7 nitrogen and oxygen atoms in total. The molecule has 0 fully saturated rings. The van der Waals surface area contributed by atoms with Gasteiger partial charge in [0.25, 0.3) is 5.69 Å². The van der Waals surface area contributed by atoms with Crippen LogP contribution in [0, 0.1) is 10.1 Å². The van der Waals surface area contributed by atoms with Crippen molar-refractivity contribution in [2.24, 2.45) is 0 Å². The SMILES string of the molecule is CC(C)(C)OC(=O)Nc1ccc(-c2cc([N+](=O)[O-])c3ccccc3c2N)cc1. The maximum atomic E-state index is 11.9. The summed E-state index contributed by atoms with van der Waals surface area (Å²) in [5.74, 6) is 0. The Kier molecular flexibility index (Phi) is 4.92. The number of nitrogens with two attached hydrogens (primary N) is 1. The second-order valence-electron chi connectivity index (χ2n) is 7.36. The van der Waals surface area contributed by atoms with E-state index >= 15 is 0 Å². The Balaban J connectivity index is 1.96. The lowest BCUT2D eigenvalue weighted by Gasteiger charge is -2.19. The summed E-state index contributed by atoms with van der Waals surface area (Å²) in [6.45, 7) is 5.35. The maximum Gasteiger partial charge on any atom is 0.412 e. The van der Waals surface area contributed by atoms with Gasteiger partial charge in [0.15, 0.2) is 0 Å². The molecule has 1 amide bonds. The molecule has 0 aromatic heterocycles. The van der Waals surface area contributed by atoms with Gasteiger partial charge in [-0.25, -0.2) is 4.79 Å². The van der Waals surface area contributed by atoms with Crippen molar-refractivity contribution < 1.29 is 14.5 Å². The molecule has 3 rings (SSSR count). The van der Waals surface area contributed by atoms with Crippen LogP contribution in [0.3, 0.4) is 0 Å². The van der Waals surface area contributed by atoms with Crippen LogP contribution in [0.1, 0.15) is 20.8 Å². The minimum Gasteiger partial charge on any atom is -0.444 e. The zero-order valence-electron chi connectivity index (χ0n) is 15.9. The number of nitrogens with one attached hydrogen (secondary N) is 1. The molecule has 3 N–H and O–H groups in total. The van der Waals surface area contributed by atoms with Crippen LogP contribution in [0.25, 0.3) is 21.9 Å². The average molecular weight is 379 g/mol. The number of carbonyl (C=O) groups excluding carboxylic acids is 1. The molecule has 0 saturated heterocycles.